The summed E-state index contributed by atoms with van der Waals surface area (Å²) in [5.74, 6) is 0.0179. The van der Waals surface area contributed by atoms with Crippen LogP contribution in [0.4, 0.5) is 11.4 Å². The van der Waals surface area contributed by atoms with Gasteiger partial charge in [0.2, 0.25) is 5.91 Å². The molecule has 0 bridgehead atoms. The van der Waals surface area contributed by atoms with Crippen LogP contribution in [0, 0.1) is 0 Å². The summed E-state index contributed by atoms with van der Waals surface area (Å²) in [6.45, 7) is 0. The Bertz CT molecular complexity index is 913. The third-order valence-corrected chi connectivity index (χ3v) is 4.54. The Kier molecular flexibility index (Phi) is 5.99. The number of halogens is 1. The number of nitrogens with one attached hydrogen (secondary N) is 2. The van der Waals surface area contributed by atoms with E-state index >= 15 is 0 Å². The van der Waals surface area contributed by atoms with E-state index in [0.29, 0.717) is 16.4 Å². The molecule has 1 heterocycles. The highest BCUT2D eigenvalue weighted by Gasteiger charge is 2.09. The number of carbonyl (C=O) groups is 2. The second-order valence-electron chi connectivity index (χ2n) is 5.31. The average molecular weight is 387 g/mol. The number of thioether (sulfide) groups is 1. The summed E-state index contributed by atoms with van der Waals surface area (Å²) in [5, 5.41) is 6.11. The van der Waals surface area contributed by atoms with Crippen LogP contribution in [-0.2, 0) is 4.79 Å². The molecule has 2 amide bonds. The first kappa shape index (κ1) is 18.1. The first-order chi connectivity index (χ1) is 12.6. The minimum Gasteiger partial charge on any atom is -0.459 e. The zero-order valence-corrected chi connectivity index (χ0v) is 15.1. The standard InChI is InChI=1S/C19H15ClN2O3S/c20-13-4-1-5-14(10-13)21-18(23)12-26-16-7-2-6-15(11-16)22-19(24)17-8-3-9-25-17/h1-11H,12H2,(H,21,23)(H,22,24). The fraction of sp³-hybridized carbons (Fsp3) is 0.0526. The number of amides is 2. The monoisotopic (exact) mass is 386 g/mol. The molecule has 132 valence electrons. The molecule has 0 saturated carbocycles. The number of anilines is 2. The van der Waals surface area contributed by atoms with E-state index in [9.17, 15) is 9.59 Å². The molecule has 2 aromatic carbocycles. The van der Waals surface area contributed by atoms with Crippen LogP contribution >= 0.6 is 23.4 Å². The van der Waals surface area contributed by atoms with Crippen LogP contribution in [0.3, 0.4) is 0 Å². The molecule has 0 fully saturated rings. The number of rotatable bonds is 6. The summed E-state index contributed by atoms with van der Waals surface area (Å²) in [5.41, 5.74) is 1.29. The number of furan rings is 1. The minimum atomic E-state index is -0.323. The second-order valence-corrected chi connectivity index (χ2v) is 6.79. The van der Waals surface area contributed by atoms with Gasteiger partial charge in [0.15, 0.2) is 5.76 Å². The van der Waals surface area contributed by atoms with Crippen LogP contribution in [0.1, 0.15) is 10.6 Å². The predicted octanol–water partition coefficient (Wildman–Crippen LogP) is 4.92. The third kappa shape index (κ3) is 5.15. The van der Waals surface area contributed by atoms with Crippen LogP contribution in [0.15, 0.2) is 76.2 Å². The molecule has 3 rings (SSSR count). The summed E-state index contributed by atoms with van der Waals surface area (Å²) in [6, 6.07) is 17.5. The van der Waals surface area contributed by atoms with Gasteiger partial charge in [0.25, 0.3) is 5.91 Å². The highest BCUT2D eigenvalue weighted by atomic mass is 35.5. The van der Waals surface area contributed by atoms with E-state index < -0.39 is 0 Å². The van der Waals surface area contributed by atoms with E-state index in [-0.39, 0.29) is 23.3 Å². The van der Waals surface area contributed by atoms with Crippen molar-refractivity contribution in [2.45, 2.75) is 4.90 Å². The molecule has 0 aliphatic rings. The zero-order chi connectivity index (χ0) is 18.4. The van der Waals surface area contributed by atoms with Crippen molar-refractivity contribution in [3.05, 3.63) is 77.7 Å². The van der Waals surface area contributed by atoms with Crippen LogP contribution in [0.25, 0.3) is 0 Å². The Morgan fingerprint density at radius 1 is 0.962 bits per heavy atom. The quantitative estimate of drug-likeness (QED) is 0.590. The van der Waals surface area contributed by atoms with Gasteiger partial charge in [-0.3, -0.25) is 9.59 Å². The highest BCUT2D eigenvalue weighted by molar-refractivity contribution is 8.00. The third-order valence-electron chi connectivity index (χ3n) is 3.32. The Hall–Kier alpha value is -2.70. The Balaban J connectivity index is 1.55. The molecular formula is C19H15ClN2O3S. The van der Waals surface area contributed by atoms with Crippen LogP contribution < -0.4 is 10.6 Å². The van der Waals surface area contributed by atoms with E-state index in [1.54, 1.807) is 48.5 Å². The van der Waals surface area contributed by atoms with Gasteiger partial charge in [0.05, 0.1) is 12.0 Å². The molecule has 1 aromatic heterocycles. The van der Waals surface area contributed by atoms with Crippen molar-refractivity contribution in [1.82, 2.24) is 0 Å². The SMILES string of the molecule is O=C(CSc1cccc(NC(=O)c2ccco2)c1)Nc1cccc(Cl)c1. The van der Waals surface area contributed by atoms with Gasteiger partial charge >= 0.3 is 0 Å². The van der Waals surface area contributed by atoms with Crippen LogP contribution in [-0.4, -0.2) is 17.6 Å². The van der Waals surface area contributed by atoms with Crippen LogP contribution in [0.2, 0.25) is 5.02 Å². The molecule has 0 radical (unpaired) electrons. The summed E-state index contributed by atoms with van der Waals surface area (Å²) < 4.78 is 5.06. The molecule has 7 heteroatoms. The number of benzene rings is 2. The van der Waals surface area contributed by atoms with Crippen molar-refractivity contribution in [2.75, 3.05) is 16.4 Å². The number of carbonyl (C=O) groups excluding carboxylic acids is 2. The fourth-order valence-electron chi connectivity index (χ4n) is 2.18. The normalized spacial score (nSPS) is 10.3. The van der Waals surface area contributed by atoms with E-state index in [2.05, 4.69) is 10.6 Å². The fourth-order valence-corrected chi connectivity index (χ4v) is 3.12. The average Bonchev–Trinajstić information content (AvgIpc) is 3.15. The van der Waals surface area contributed by atoms with E-state index in [0.717, 1.165) is 4.90 Å². The predicted molar refractivity (Wildman–Crippen MR) is 104 cm³/mol. The molecule has 5 nitrogen and oxygen atoms in total. The minimum absolute atomic E-state index is 0.137. The topological polar surface area (TPSA) is 71.3 Å². The van der Waals surface area contributed by atoms with E-state index in [4.69, 9.17) is 16.0 Å². The van der Waals surface area contributed by atoms with E-state index in [1.807, 2.05) is 12.1 Å². The molecule has 0 saturated heterocycles. The highest BCUT2D eigenvalue weighted by Crippen LogP contribution is 2.23. The maximum atomic E-state index is 12.1. The van der Waals surface area contributed by atoms with Crippen molar-refractivity contribution < 1.29 is 14.0 Å². The maximum absolute atomic E-state index is 12.1. The summed E-state index contributed by atoms with van der Waals surface area (Å²) in [6.07, 6.45) is 1.44. The molecule has 0 atom stereocenters. The molecule has 3 aromatic rings. The Morgan fingerprint density at radius 2 is 1.73 bits per heavy atom. The second kappa shape index (κ2) is 8.60. The van der Waals surface area contributed by atoms with Gasteiger partial charge in [0, 0.05) is 21.3 Å². The molecular weight excluding hydrogens is 372 g/mol. The molecule has 0 aliphatic carbocycles. The van der Waals surface area contributed by atoms with Crippen molar-refractivity contribution >= 4 is 46.6 Å². The number of hydrogen-bond donors (Lipinski definition) is 2. The van der Waals surface area contributed by atoms with Crippen molar-refractivity contribution in [3.63, 3.8) is 0 Å². The van der Waals surface area contributed by atoms with Gasteiger partial charge in [-0.1, -0.05) is 23.7 Å². The Labute approximate surface area is 159 Å². The lowest BCUT2D eigenvalue weighted by Gasteiger charge is -2.07. The number of hydrogen-bond acceptors (Lipinski definition) is 4. The first-order valence-electron chi connectivity index (χ1n) is 7.73. The van der Waals surface area contributed by atoms with Gasteiger partial charge in [-0.15, -0.1) is 11.8 Å². The van der Waals surface area contributed by atoms with Crippen molar-refractivity contribution in [3.8, 4) is 0 Å². The zero-order valence-electron chi connectivity index (χ0n) is 13.6. The van der Waals surface area contributed by atoms with Crippen molar-refractivity contribution in [1.29, 1.82) is 0 Å². The lowest BCUT2D eigenvalue weighted by atomic mass is 10.3. The molecule has 0 aliphatic heterocycles. The van der Waals surface area contributed by atoms with Gasteiger partial charge < -0.3 is 15.1 Å². The summed E-state index contributed by atoms with van der Waals surface area (Å²) in [4.78, 5) is 24.9. The molecule has 26 heavy (non-hydrogen) atoms. The molecule has 0 unspecified atom stereocenters. The van der Waals surface area contributed by atoms with E-state index in [1.165, 1.54) is 18.0 Å². The van der Waals surface area contributed by atoms with Gasteiger partial charge in [-0.25, -0.2) is 0 Å². The molecule has 0 spiro atoms. The van der Waals surface area contributed by atoms with Gasteiger partial charge in [0.1, 0.15) is 0 Å². The van der Waals surface area contributed by atoms with Gasteiger partial charge in [-0.2, -0.15) is 0 Å². The first-order valence-corrected chi connectivity index (χ1v) is 9.10. The molecule has 2 N–H and O–H groups in total. The Morgan fingerprint density at radius 3 is 2.46 bits per heavy atom. The summed E-state index contributed by atoms with van der Waals surface area (Å²) in [7, 11) is 0. The largest absolute Gasteiger partial charge is 0.459 e. The van der Waals surface area contributed by atoms with Crippen molar-refractivity contribution in [2.24, 2.45) is 0 Å². The maximum Gasteiger partial charge on any atom is 0.291 e. The lowest BCUT2D eigenvalue weighted by molar-refractivity contribution is -0.113. The smallest absolute Gasteiger partial charge is 0.291 e. The van der Waals surface area contributed by atoms with Gasteiger partial charge in [-0.05, 0) is 48.5 Å². The lowest BCUT2D eigenvalue weighted by Crippen LogP contribution is -2.14. The van der Waals surface area contributed by atoms with Crippen LogP contribution in [0.5, 0.6) is 0 Å². The summed E-state index contributed by atoms with van der Waals surface area (Å²) >= 11 is 7.27.